The van der Waals surface area contributed by atoms with E-state index >= 15 is 0 Å². The Hall–Kier alpha value is -1.78. The number of hydrogen-bond donors (Lipinski definition) is 2. The van der Waals surface area contributed by atoms with Crippen LogP contribution in [-0.4, -0.2) is 28.6 Å². The molecule has 1 saturated carbocycles. The quantitative estimate of drug-likeness (QED) is 0.807. The Kier molecular flexibility index (Phi) is 3.69. The highest BCUT2D eigenvalue weighted by Gasteiger charge is 2.31. The normalized spacial score (nSPS) is 14.5. The molecule has 0 unspecified atom stereocenters. The van der Waals surface area contributed by atoms with Crippen LogP contribution in [0, 0.1) is 0 Å². The van der Waals surface area contributed by atoms with Gasteiger partial charge in [0.05, 0.1) is 11.3 Å². The Morgan fingerprint density at radius 1 is 1.61 bits per heavy atom. The van der Waals surface area contributed by atoms with Gasteiger partial charge < -0.3 is 15.7 Å². The lowest BCUT2D eigenvalue weighted by molar-refractivity contribution is 0.0698. The second kappa shape index (κ2) is 5.25. The summed E-state index contributed by atoms with van der Waals surface area (Å²) in [7, 11) is 0. The van der Waals surface area contributed by atoms with Crippen LogP contribution in [0.15, 0.2) is 12.3 Å². The van der Waals surface area contributed by atoms with Crippen molar-refractivity contribution in [2.24, 2.45) is 0 Å². The number of aromatic nitrogens is 1. The molecular weight excluding hydrogens is 230 g/mol. The van der Waals surface area contributed by atoms with E-state index in [9.17, 15) is 4.79 Å². The molecule has 5 nitrogen and oxygen atoms in total. The molecule has 0 radical (unpaired) electrons. The second-order valence-electron chi connectivity index (χ2n) is 4.68. The molecule has 3 N–H and O–H groups in total. The fraction of sp³-hybridized carbons (Fsp3) is 0.538. The Balaban J connectivity index is 2.29. The van der Waals surface area contributed by atoms with Crippen molar-refractivity contribution in [3.05, 3.63) is 17.8 Å². The molecule has 1 fully saturated rings. The summed E-state index contributed by atoms with van der Waals surface area (Å²) in [6, 6.07) is 1.93. The molecule has 0 bridgehead atoms. The van der Waals surface area contributed by atoms with E-state index in [2.05, 4.69) is 16.8 Å². The lowest BCUT2D eigenvalue weighted by atomic mass is 10.2. The molecule has 5 heteroatoms. The van der Waals surface area contributed by atoms with Crippen LogP contribution in [0.2, 0.25) is 0 Å². The van der Waals surface area contributed by atoms with E-state index in [0.29, 0.717) is 11.9 Å². The maximum absolute atomic E-state index is 11.1. The molecule has 0 saturated heterocycles. The number of rotatable bonds is 6. The third-order valence-corrected chi connectivity index (χ3v) is 3.21. The predicted octanol–water partition coefficient (Wildman–Crippen LogP) is 2.13. The zero-order chi connectivity index (χ0) is 13.1. The standard InChI is InChI=1S/C13H19N3O2/c1-2-3-8-16(9-4-5-9)12-11(14)10(13(17)18)6-7-15-12/h6-7,9H,2-5,8,14H2,1H3,(H,17,18). The number of carboxylic acid groups (broad SMARTS) is 1. The largest absolute Gasteiger partial charge is 0.478 e. The van der Waals surface area contributed by atoms with Crippen LogP contribution in [0.3, 0.4) is 0 Å². The van der Waals surface area contributed by atoms with Crippen molar-refractivity contribution in [2.45, 2.75) is 38.6 Å². The second-order valence-corrected chi connectivity index (χ2v) is 4.68. The number of carboxylic acids is 1. The average molecular weight is 249 g/mol. The molecule has 98 valence electrons. The predicted molar refractivity (Wildman–Crippen MR) is 70.9 cm³/mol. The first-order chi connectivity index (χ1) is 8.65. The van der Waals surface area contributed by atoms with E-state index in [0.717, 1.165) is 32.2 Å². The highest BCUT2D eigenvalue weighted by molar-refractivity contribution is 5.96. The number of pyridine rings is 1. The SMILES string of the molecule is CCCCN(c1nccc(C(=O)O)c1N)C1CC1. The minimum atomic E-state index is -0.998. The lowest BCUT2D eigenvalue weighted by Crippen LogP contribution is -2.29. The average Bonchev–Trinajstić information content (AvgIpc) is 3.15. The van der Waals surface area contributed by atoms with E-state index in [1.165, 1.54) is 12.3 Å². The summed E-state index contributed by atoms with van der Waals surface area (Å²) < 4.78 is 0. The Bertz CT molecular complexity index is 444. The van der Waals surface area contributed by atoms with Crippen LogP contribution in [0.1, 0.15) is 43.0 Å². The van der Waals surface area contributed by atoms with Gasteiger partial charge in [-0.1, -0.05) is 13.3 Å². The number of aromatic carboxylic acids is 1. The molecule has 0 aromatic carbocycles. The summed E-state index contributed by atoms with van der Waals surface area (Å²) in [5.74, 6) is -0.367. The van der Waals surface area contributed by atoms with E-state index in [1.807, 2.05) is 0 Å². The lowest BCUT2D eigenvalue weighted by Gasteiger charge is -2.25. The van der Waals surface area contributed by atoms with Gasteiger partial charge in [0.2, 0.25) is 0 Å². The molecule has 0 amide bonds. The monoisotopic (exact) mass is 249 g/mol. The van der Waals surface area contributed by atoms with Gasteiger partial charge in [-0.25, -0.2) is 9.78 Å². The van der Waals surface area contributed by atoms with Crippen molar-refractivity contribution < 1.29 is 9.90 Å². The van der Waals surface area contributed by atoms with E-state index in [1.54, 1.807) is 0 Å². The van der Waals surface area contributed by atoms with Gasteiger partial charge in [0.15, 0.2) is 5.82 Å². The molecular formula is C13H19N3O2. The zero-order valence-electron chi connectivity index (χ0n) is 10.6. The fourth-order valence-electron chi connectivity index (χ4n) is 2.05. The fourth-order valence-corrected chi connectivity index (χ4v) is 2.05. The van der Waals surface area contributed by atoms with Crippen LogP contribution < -0.4 is 10.6 Å². The number of hydrogen-bond acceptors (Lipinski definition) is 4. The number of nitrogen functional groups attached to an aromatic ring is 1. The van der Waals surface area contributed by atoms with E-state index in [-0.39, 0.29) is 11.3 Å². The van der Waals surface area contributed by atoms with E-state index in [4.69, 9.17) is 10.8 Å². The summed E-state index contributed by atoms with van der Waals surface area (Å²) in [6.45, 7) is 3.02. The highest BCUT2D eigenvalue weighted by Crippen LogP contribution is 2.34. The van der Waals surface area contributed by atoms with Gasteiger partial charge in [-0.3, -0.25) is 0 Å². The summed E-state index contributed by atoms with van der Waals surface area (Å²) in [4.78, 5) is 17.5. The third-order valence-electron chi connectivity index (χ3n) is 3.21. The van der Waals surface area contributed by atoms with Crippen LogP contribution >= 0.6 is 0 Å². The molecule has 0 atom stereocenters. The number of nitrogens with zero attached hydrogens (tertiary/aromatic N) is 2. The third kappa shape index (κ3) is 2.55. The van der Waals surface area contributed by atoms with Crippen molar-refractivity contribution >= 4 is 17.5 Å². The van der Waals surface area contributed by atoms with Gasteiger partial charge in [-0.15, -0.1) is 0 Å². The molecule has 1 heterocycles. The minimum Gasteiger partial charge on any atom is -0.478 e. The van der Waals surface area contributed by atoms with Crippen LogP contribution in [0.4, 0.5) is 11.5 Å². The number of nitrogens with two attached hydrogens (primary N) is 1. The van der Waals surface area contributed by atoms with Crippen molar-refractivity contribution in [1.29, 1.82) is 0 Å². The van der Waals surface area contributed by atoms with Gasteiger partial charge >= 0.3 is 5.97 Å². The molecule has 1 aromatic rings. The topological polar surface area (TPSA) is 79.5 Å². The van der Waals surface area contributed by atoms with Crippen molar-refractivity contribution in [3.63, 3.8) is 0 Å². The van der Waals surface area contributed by atoms with E-state index < -0.39 is 5.97 Å². The van der Waals surface area contributed by atoms with Crippen molar-refractivity contribution in [1.82, 2.24) is 4.98 Å². The molecule has 1 aliphatic rings. The van der Waals surface area contributed by atoms with Crippen LogP contribution in [0.5, 0.6) is 0 Å². The Morgan fingerprint density at radius 2 is 2.33 bits per heavy atom. The zero-order valence-corrected chi connectivity index (χ0v) is 10.6. The highest BCUT2D eigenvalue weighted by atomic mass is 16.4. The summed E-state index contributed by atoms with van der Waals surface area (Å²) >= 11 is 0. The molecule has 1 aliphatic carbocycles. The first-order valence-corrected chi connectivity index (χ1v) is 6.39. The van der Waals surface area contributed by atoms with Crippen LogP contribution in [-0.2, 0) is 0 Å². The van der Waals surface area contributed by atoms with Gasteiger partial charge in [0, 0.05) is 18.8 Å². The summed E-state index contributed by atoms with van der Waals surface area (Å²) in [6.07, 6.45) is 5.97. The van der Waals surface area contributed by atoms with Crippen LogP contribution in [0.25, 0.3) is 0 Å². The molecule has 0 aliphatic heterocycles. The van der Waals surface area contributed by atoms with Crippen molar-refractivity contribution in [3.8, 4) is 0 Å². The smallest absolute Gasteiger partial charge is 0.337 e. The number of carbonyl (C=O) groups is 1. The first kappa shape index (κ1) is 12.7. The first-order valence-electron chi connectivity index (χ1n) is 6.39. The van der Waals surface area contributed by atoms with Crippen molar-refractivity contribution in [2.75, 3.05) is 17.2 Å². The summed E-state index contributed by atoms with van der Waals surface area (Å²) in [5, 5.41) is 9.08. The number of unbranched alkanes of at least 4 members (excludes halogenated alkanes) is 1. The molecule has 2 rings (SSSR count). The minimum absolute atomic E-state index is 0.141. The molecule has 0 spiro atoms. The van der Waals surface area contributed by atoms with Gasteiger partial charge in [-0.05, 0) is 25.3 Å². The molecule has 18 heavy (non-hydrogen) atoms. The van der Waals surface area contributed by atoms with Gasteiger partial charge in [0.1, 0.15) is 0 Å². The Morgan fingerprint density at radius 3 is 2.89 bits per heavy atom. The number of anilines is 2. The summed E-state index contributed by atoms with van der Waals surface area (Å²) in [5.41, 5.74) is 6.36. The maximum Gasteiger partial charge on any atom is 0.337 e. The molecule has 1 aromatic heterocycles. The Labute approximate surface area is 107 Å². The van der Waals surface area contributed by atoms with Gasteiger partial charge in [0.25, 0.3) is 0 Å². The maximum atomic E-state index is 11.1. The van der Waals surface area contributed by atoms with Gasteiger partial charge in [-0.2, -0.15) is 0 Å².